The molecule has 1 N–H and O–H groups in total. The fourth-order valence-corrected chi connectivity index (χ4v) is 1.86. The van der Waals surface area contributed by atoms with E-state index in [1.807, 2.05) is 0 Å². The van der Waals surface area contributed by atoms with Gasteiger partial charge in [0.1, 0.15) is 0 Å². The maximum Gasteiger partial charge on any atom is 0.389 e. The molecule has 0 heterocycles. The molecule has 0 amide bonds. The van der Waals surface area contributed by atoms with Crippen molar-refractivity contribution in [1.29, 1.82) is 0 Å². The summed E-state index contributed by atoms with van der Waals surface area (Å²) in [6.07, 6.45) is -5.50. The van der Waals surface area contributed by atoms with Crippen LogP contribution in [0.1, 0.15) is 30.7 Å². The molecule has 1 unspecified atom stereocenters. The number of hydrogen-bond donors (Lipinski definition) is 1. The lowest BCUT2D eigenvalue weighted by atomic mass is 9.93. The minimum absolute atomic E-state index is 0.0603. The fourth-order valence-electron chi connectivity index (χ4n) is 1.66. The summed E-state index contributed by atoms with van der Waals surface area (Å²) in [6.45, 7) is 0. The number of carboxylic acid groups (broad SMARTS) is 1. The lowest BCUT2D eigenvalue weighted by Gasteiger charge is -2.13. The van der Waals surface area contributed by atoms with E-state index in [0.29, 0.717) is 10.6 Å². The molecule has 1 aromatic rings. The lowest BCUT2D eigenvalue weighted by molar-refractivity contribution is -0.142. The van der Waals surface area contributed by atoms with E-state index in [1.165, 1.54) is 6.07 Å². The van der Waals surface area contributed by atoms with Crippen molar-refractivity contribution in [3.63, 3.8) is 0 Å². The van der Waals surface area contributed by atoms with Crippen LogP contribution in [0, 0.1) is 0 Å². The van der Waals surface area contributed by atoms with E-state index in [2.05, 4.69) is 0 Å². The third-order valence-corrected chi connectivity index (χ3v) is 2.74. The predicted octanol–water partition coefficient (Wildman–Crippen LogP) is 4.24. The molecule has 0 aliphatic rings. The summed E-state index contributed by atoms with van der Waals surface area (Å²) in [5, 5.41) is 9.39. The van der Waals surface area contributed by atoms with Crippen LogP contribution in [0.5, 0.6) is 0 Å². The van der Waals surface area contributed by atoms with Crippen LogP contribution in [0.3, 0.4) is 0 Å². The molecule has 0 fully saturated rings. The van der Waals surface area contributed by atoms with Gasteiger partial charge in [-0.1, -0.05) is 23.7 Å². The number of carboxylic acids is 1. The second-order valence-corrected chi connectivity index (χ2v) is 4.39. The normalized spacial score (nSPS) is 13.3. The van der Waals surface area contributed by atoms with Crippen LogP contribution in [0.25, 0.3) is 0 Å². The van der Waals surface area contributed by atoms with Crippen molar-refractivity contribution in [3.05, 3.63) is 34.9 Å². The third kappa shape index (κ3) is 4.96. The van der Waals surface area contributed by atoms with Gasteiger partial charge in [-0.3, -0.25) is 4.79 Å². The number of aliphatic carboxylic acids is 1. The van der Waals surface area contributed by atoms with E-state index in [9.17, 15) is 18.0 Å². The summed E-state index contributed by atoms with van der Waals surface area (Å²) in [7, 11) is 0. The summed E-state index contributed by atoms with van der Waals surface area (Å²) in [5.74, 6) is -2.09. The molecule has 0 saturated carbocycles. The minimum Gasteiger partial charge on any atom is -0.481 e. The number of alkyl halides is 3. The zero-order valence-corrected chi connectivity index (χ0v) is 10.1. The summed E-state index contributed by atoms with van der Waals surface area (Å²) in [5.41, 5.74) is 0.428. The first kappa shape index (κ1) is 14.8. The number of hydrogen-bond acceptors (Lipinski definition) is 1. The third-order valence-electron chi connectivity index (χ3n) is 2.50. The van der Waals surface area contributed by atoms with E-state index < -0.39 is 24.5 Å². The van der Waals surface area contributed by atoms with Crippen LogP contribution < -0.4 is 0 Å². The summed E-state index contributed by atoms with van der Waals surface area (Å²) < 4.78 is 36.0. The van der Waals surface area contributed by atoms with Crippen molar-refractivity contribution in [2.24, 2.45) is 0 Å². The fraction of sp³-hybridized carbons (Fsp3) is 0.417. The SMILES string of the molecule is O=C(O)C(CCCC(F)(F)F)c1cccc(Cl)c1. The number of halogens is 4. The molecular weight excluding hydrogens is 269 g/mol. The van der Waals surface area contributed by atoms with Crippen LogP contribution >= 0.6 is 11.6 Å². The monoisotopic (exact) mass is 280 g/mol. The molecule has 0 bridgehead atoms. The molecular formula is C12H12ClF3O2. The van der Waals surface area contributed by atoms with Crippen molar-refractivity contribution in [3.8, 4) is 0 Å². The second kappa shape index (κ2) is 6.09. The van der Waals surface area contributed by atoms with Gasteiger partial charge in [0.05, 0.1) is 5.92 Å². The summed E-state index contributed by atoms with van der Waals surface area (Å²) in [4.78, 5) is 11.0. The van der Waals surface area contributed by atoms with Crippen LogP contribution in [-0.4, -0.2) is 17.3 Å². The van der Waals surface area contributed by atoms with Crippen LogP contribution in [-0.2, 0) is 4.79 Å². The largest absolute Gasteiger partial charge is 0.481 e. The zero-order chi connectivity index (χ0) is 13.8. The van der Waals surface area contributed by atoms with Crippen molar-refractivity contribution in [2.45, 2.75) is 31.4 Å². The molecule has 0 aliphatic heterocycles. The van der Waals surface area contributed by atoms with Gasteiger partial charge in [0, 0.05) is 11.4 Å². The maximum absolute atomic E-state index is 12.0. The van der Waals surface area contributed by atoms with Gasteiger partial charge in [-0.15, -0.1) is 0 Å². The van der Waals surface area contributed by atoms with E-state index in [-0.39, 0.29) is 12.8 Å². The molecule has 1 rings (SSSR count). The smallest absolute Gasteiger partial charge is 0.389 e. The Balaban J connectivity index is 2.69. The molecule has 0 radical (unpaired) electrons. The highest BCUT2D eigenvalue weighted by Gasteiger charge is 2.28. The Morgan fingerprint density at radius 3 is 2.56 bits per heavy atom. The summed E-state index contributed by atoms with van der Waals surface area (Å²) in [6, 6.07) is 6.18. The Bertz CT molecular complexity index is 418. The van der Waals surface area contributed by atoms with Gasteiger partial charge in [0.25, 0.3) is 0 Å². The van der Waals surface area contributed by atoms with Gasteiger partial charge in [-0.2, -0.15) is 13.2 Å². The first-order valence-corrected chi connectivity index (χ1v) is 5.72. The van der Waals surface area contributed by atoms with Gasteiger partial charge in [-0.25, -0.2) is 0 Å². The first-order valence-electron chi connectivity index (χ1n) is 5.34. The summed E-state index contributed by atoms with van der Waals surface area (Å²) >= 11 is 5.73. The Kier molecular flexibility index (Phi) is 5.02. The van der Waals surface area contributed by atoms with Gasteiger partial charge in [-0.05, 0) is 30.5 Å². The van der Waals surface area contributed by atoms with Crippen molar-refractivity contribution in [2.75, 3.05) is 0 Å². The van der Waals surface area contributed by atoms with Gasteiger partial charge in [0.2, 0.25) is 0 Å². The minimum atomic E-state index is -4.25. The molecule has 2 nitrogen and oxygen atoms in total. The molecule has 1 atom stereocenters. The second-order valence-electron chi connectivity index (χ2n) is 3.95. The molecule has 0 spiro atoms. The molecule has 0 saturated heterocycles. The quantitative estimate of drug-likeness (QED) is 0.876. The molecule has 18 heavy (non-hydrogen) atoms. The zero-order valence-electron chi connectivity index (χ0n) is 9.38. The van der Waals surface area contributed by atoms with Gasteiger partial charge < -0.3 is 5.11 Å². The lowest BCUT2D eigenvalue weighted by Crippen LogP contribution is -2.14. The standard InChI is InChI=1S/C12H12ClF3O2/c13-9-4-1-3-8(7-9)10(11(17)18)5-2-6-12(14,15)16/h1,3-4,7,10H,2,5-6H2,(H,17,18). The van der Waals surface area contributed by atoms with E-state index in [1.54, 1.807) is 18.2 Å². The molecule has 0 aromatic heterocycles. The first-order chi connectivity index (χ1) is 8.29. The highest BCUT2D eigenvalue weighted by Crippen LogP contribution is 2.28. The Morgan fingerprint density at radius 2 is 2.06 bits per heavy atom. The van der Waals surface area contributed by atoms with Crippen LogP contribution in [0.4, 0.5) is 13.2 Å². The maximum atomic E-state index is 12.0. The predicted molar refractivity (Wildman–Crippen MR) is 61.7 cm³/mol. The van der Waals surface area contributed by atoms with Crippen molar-refractivity contribution in [1.82, 2.24) is 0 Å². The number of rotatable bonds is 5. The Morgan fingerprint density at radius 1 is 1.39 bits per heavy atom. The van der Waals surface area contributed by atoms with E-state index in [0.717, 1.165) is 0 Å². The van der Waals surface area contributed by atoms with Crippen LogP contribution in [0.2, 0.25) is 5.02 Å². The Labute approximate surface area is 107 Å². The average molecular weight is 281 g/mol. The van der Waals surface area contributed by atoms with E-state index in [4.69, 9.17) is 16.7 Å². The van der Waals surface area contributed by atoms with Crippen molar-refractivity contribution < 1.29 is 23.1 Å². The molecule has 1 aromatic carbocycles. The van der Waals surface area contributed by atoms with Crippen LogP contribution in [0.15, 0.2) is 24.3 Å². The number of carbonyl (C=O) groups is 1. The number of benzene rings is 1. The molecule has 0 aliphatic carbocycles. The topological polar surface area (TPSA) is 37.3 Å². The highest BCUT2D eigenvalue weighted by molar-refractivity contribution is 6.30. The average Bonchev–Trinajstić information content (AvgIpc) is 2.22. The highest BCUT2D eigenvalue weighted by atomic mass is 35.5. The van der Waals surface area contributed by atoms with E-state index >= 15 is 0 Å². The van der Waals surface area contributed by atoms with Gasteiger partial charge >= 0.3 is 12.1 Å². The molecule has 6 heteroatoms. The Hall–Kier alpha value is -1.23. The molecule has 100 valence electrons. The van der Waals surface area contributed by atoms with Gasteiger partial charge in [0.15, 0.2) is 0 Å². The van der Waals surface area contributed by atoms with Crippen molar-refractivity contribution >= 4 is 17.6 Å².